The van der Waals surface area contributed by atoms with Crippen LogP contribution in [0.15, 0.2) is 47.6 Å². The summed E-state index contributed by atoms with van der Waals surface area (Å²) in [6.07, 6.45) is -9.91. The van der Waals surface area contributed by atoms with E-state index in [9.17, 15) is 35.1 Å². The van der Waals surface area contributed by atoms with Crippen LogP contribution in [0.1, 0.15) is 38.2 Å². The van der Waals surface area contributed by atoms with Crippen LogP contribution in [-0.2, 0) is 3.42 Å². The van der Waals surface area contributed by atoms with Crippen LogP contribution in [0, 0.1) is 5.82 Å². The fraction of sp³-hybridized carbons (Fsp3) is 0.474. The SMILES string of the molecule is CCCCC1=CC(C(F)(C(F)(F)F)C(F)(F)F)=CC(I)(c2ccccc2F)C1. The molecule has 1 aromatic rings. The Morgan fingerprint density at radius 1 is 1.00 bits per heavy atom. The number of unbranched alkanes of at least 4 members (excludes halogenated alkanes) is 1. The Kier molecular flexibility index (Phi) is 6.57. The summed E-state index contributed by atoms with van der Waals surface area (Å²) in [5.41, 5.74) is -6.98. The van der Waals surface area contributed by atoms with Gasteiger partial charge in [0.1, 0.15) is 5.82 Å². The Morgan fingerprint density at radius 2 is 1.57 bits per heavy atom. The van der Waals surface area contributed by atoms with Gasteiger partial charge in [0.2, 0.25) is 0 Å². The lowest BCUT2D eigenvalue weighted by molar-refractivity contribution is -0.325. The van der Waals surface area contributed by atoms with Gasteiger partial charge in [0, 0.05) is 11.1 Å². The lowest BCUT2D eigenvalue weighted by atomic mass is 9.78. The second-order valence-electron chi connectivity index (χ2n) is 6.68. The minimum Gasteiger partial charge on any atom is -0.218 e. The van der Waals surface area contributed by atoms with E-state index >= 15 is 0 Å². The van der Waals surface area contributed by atoms with Crippen LogP contribution in [0.5, 0.6) is 0 Å². The van der Waals surface area contributed by atoms with Gasteiger partial charge in [-0.15, -0.1) is 0 Å². The summed E-state index contributed by atoms with van der Waals surface area (Å²) in [6.45, 7) is 1.80. The van der Waals surface area contributed by atoms with Gasteiger partial charge in [0.15, 0.2) is 0 Å². The van der Waals surface area contributed by atoms with Crippen LogP contribution in [0.2, 0.25) is 0 Å². The van der Waals surface area contributed by atoms with Gasteiger partial charge in [-0.2, -0.15) is 26.3 Å². The van der Waals surface area contributed by atoms with Crippen molar-refractivity contribution < 1.29 is 35.1 Å². The zero-order valence-electron chi connectivity index (χ0n) is 14.7. The number of alkyl halides is 8. The zero-order valence-corrected chi connectivity index (χ0v) is 16.9. The predicted octanol–water partition coefficient (Wildman–Crippen LogP) is 7.74. The van der Waals surface area contributed by atoms with Crippen LogP contribution in [0.25, 0.3) is 0 Å². The van der Waals surface area contributed by atoms with Crippen molar-refractivity contribution in [3.05, 3.63) is 58.9 Å². The van der Waals surface area contributed by atoms with Crippen LogP contribution in [0.3, 0.4) is 0 Å². The quantitative estimate of drug-likeness (QED) is 0.210. The first-order chi connectivity index (χ1) is 12.8. The zero-order chi connectivity index (χ0) is 21.4. The number of rotatable bonds is 5. The Balaban J connectivity index is 2.72. The Morgan fingerprint density at radius 3 is 2.07 bits per heavy atom. The summed E-state index contributed by atoms with van der Waals surface area (Å²) < 4.78 is 107. The summed E-state index contributed by atoms with van der Waals surface area (Å²) in [5, 5.41) is 0. The highest BCUT2D eigenvalue weighted by Gasteiger charge is 2.74. The number of benzene rings is 1. The summed E-state index contributed by atoms with van der Waals surface area (Å²) in [4.78, 5) is 0. The van der Waals surface area contributed by atoms with Gasteiger partial charge in [0.05, 0.1) is 3.42 Å². The van der Waals surface area contributed by atoms with E-state index in [2.05, 4.69) is 0 Å². The standard InChI is InChI=1S/C19H17F8I/c1-2-3-6-12-9-13(17(21,18(22,23)24)19(25,26)27)11-16(28,10-12)14-7-4-5-8-15(14)20/h4-5,7-9,11H,2-3,6,10H2,1H3. The van der Waals surface area contributed by atoms with E-state index in [0.717, 1.165) is 6.07 Å². The van der Waals surface area contributed by atoms with Crippen molar-refractivity contribution in [2.75, 3.05) is 0 Å². The second-order valence-corrected chi connectivity index (χ2v) is 8.60. The van der Waals surface area contributed by atoms with Crippen LogP contribution >= 0.6 is 22.6 Å². The van der Waals surface area contributed by atoms with Crippen molar-refractivity contribution in [1.29, 1.82) is 0 Å². The molecule has 1 unspecified atom stereocenters. The molecule has 0 saturated carbocycles. The third-order valence-corrected chi connectivity index (χ3v) is 5.85. The van der Waals surface area contributed by atoms with E-state index < -0.39 is 32.8 Å². The largest absolute Gasteiger partial charge is 0.435 e. The molecule has 1 aliphatic rings. The average molecular weight is 524 g/mol. The van der Waals surface area contributed by atoms with Gasteiger partial charge in [-0.05, 0) is 25.3 Å². The summed E-state index contributed by atoms with van der Waals surface area (Å²) in [5.74, 6) is -0.785. The van der Waals surface area contributed by atoms with E-state index in [1.807, 2.05) is 0 Å². The lowest BCUT2D eigenvalue weighted by Gasteiger charge is -2.37. The molecule has 0 heterocycles. The first kappa shape index (κ1) is 23.2. The summed E-state index contributed by atoms with van der Waals surface area (Å²) in [7, 11) is 0. The molecular formula is C19H17F8I. The van der Waals surface area contributed by atoms with Crippen molar-refractivity contribution in [1.82, 2.24) is 0 Å². The average Bonchev–Trinajstić information content (AvgIpc) is 2.57. The van der Waals surface area contributed by atoms with Gasteiger partial charge in [0.25, 0.3) is 0 Å². The molecule has 0 nitrogen and oxygen atoms in total. The minimum atomic E-state index is -6.21. The van der Waals surface area contributed by atoms with Gasteiger partial charge in [-0.3, -0.25) is 0 Å². The van der Waals surface area contributed by atoms with Gasteiger partial charge in [-0.1, -0.05) is 71.9 Å². The van der Waals surface area contributed by atoms with Crippen molar-refractivity contribution in [2.45, 2.75) is 54.1 Å². The molecule has 0 fully saturated rings. The molecule has 0 N–H and O–H groups in total. The first-order valence-corrected chi connectivity index (χ1v) is 9.53. The minimum absolute atomic E-state index is 0.0101. The molecule has 156 valence electrons. The molecule has 0 aliphatic heterocycles. The molecular weight excluding hydrogens is 507 g/mol. The lowest BCUT2D eigenvalue weighted by Crippen LogP contribution is -2.55. The van der Waals surface area contributed by atoms with Crippen molar-refractivity contribution in [3.63, 3.8) is 0 Å². The molecule has 0 spiro atoms. The highest BCUT2D eigenvalue weighted by Crippen LogP contribution is 2.55. The second kappa shape index (κ2) is 7.95. The third-order valence-electron chi connectivity index (χ3n) is 4.58. The highest BCUT2D eigenvalue weighted by atomic mass is 127. The van der Waals surface area contributed by atoms with Crippen LogP contribution in [0.4, 0.5) is 35.1 Å². The normalized spacial score (nSPS) is 21.4. The van der Waals surface area contributed by atoms with E-state index in [0.29, 0.717) is 25.0 Å². The Bertz CT molecular complexity index is 761. The molecule has 1 atom stereocenters. The monoisotopic (exact) mass is 524 g/mol. The van der Waals surface area contributed by atoms with E-state index in [1.54, 1.807) is 29.5 Å². The maximum Gasteiger partial charge on any atom is 0.435 e. The topological polar surface area (TPSA) is 0 Å². The smallest absolute Gasteiger partial charge is 0.218 e. The molecule has 1 aliphatic carbocycles. The van der Waals surface area contributed by atoms with Crippen molar-refractivity contribution >= 4 is 22.6 Å². The Hall–Kier alpha value is -1.13. The first-order valence-electron chi connectivity index (χ1n) is 8.45. The highest BCUT2D eigenvalue weighted by molar-refractivity contribution is 14.1. The van der Waals surface area contributed by atoms with E-state index in [-0.39, 0.29) is 24.0 Å². The van der Waals surface area contributed by atoms with Gasteiger partial charge >= 0.3 is 18.0 Å². The molecule has 0 aromatic heterocycles. The van der Waals surface area contributed by atoms with Gasteiger partial charge in [-0.25, -0.2) is 8.78 Å². The summed E-state index contributed by atoms with van der Waals surface area (Å²) >= 11 is 1.60. The molecule has 0 saturated heterocycles. The number of allylic oxidation sites excluding steroid dienone is 4. The molecule has 0 bridgehead atoms. The van der Waals surface area contributed by atoms with Gasteiger partial charge < -0.3 is 0 Å². The molecule has 28 heavy (non-hydrogen) atoms. The fourth-order valence-corrected chi connectivity index (χ4v) is 4.43. The molecule has 0 amide bonds. The molecule has 0 radical (unpaired) electrons. The number of hydrogen-bond donors (Lipinski definition) is 0. The molecule has 2 rings (SSSR count). The van der Waals surface area contributed by atoms with Crippen LogP contribution in [-0.4, -0.2) is 18.0 Å². The predicted molar refractivity (Wildman–Crippen MR) is 98.4 cm³/mol. The maximum atomic E-state index is 14.7. The van der Waals surface area contributed by atoms with E-state index in [4.69, 9.17) is 0 Å². The molecule has 1 aromatic carbocycles. The molecule has 9 heteroatoms. The van der Waals surface area contributed by atoms with Crippen molar-refractivity contribution in [3.8, 4) is 0 Å². The van der Waals surface area contributed by atoms with E-state index in [1.165, 1.54) is 18.2 Å². The number of hydrogen-bond acceptors (Lipinski definition) is 0. The van der Waals surface area contributed by atoms with Crippen molar-refractivity contribution in [2.24, 2.45) is 0 Å². The number of halogens is 9. The third kappa shape index (κ3) is 4.23. The van der Waals surface area contributed by atoms with Crippen LogP contribution < -0.4 is 0 Å². The summed E-state index contributed by atoms with van der Waals surface area (Å²) in [6, 6.07) is 5.11. The maximum absolute atomic E-state index is 14.7. The Labute approximate surface area is 170 Å². The fourth-order valence-electron chi connectivity index (χ4n) is 3.16.